The van der Waals surface area contributed by atoms with Crippen LogP contribution in [0.1, 0.15) is 36.5 Å². The van der Waals surface area contributed by atoms with Crippen LogP contribution in [-0.4, -0.2) is 6.10 Å². The van der Waals surface area contributed by atoms with Crippen molar-refractivity contribution in [2.24, 2.45) is 0 Å². The summed E-state index contributed by atoms with van der Waals surface area (Å²) in [6.45, 7) is 6.08. The fourth-order valence-electron chi connectivity index (χ4n) is 3.57. The van der Waals surface area contributed by atoms with Gasteiger partial charge < -0.3 is 4.74 Å². The minimum Gasteiger partial charge on any atom is -0.353 e. The molecule has 3 aromatic rings. The molecule has 1 atom stereocenters. The molecule has 0 amide bonds. The lowest BCUT2D eigenvalue weighted by molar-refractivity contribution is -0.0229. The molecule has 1 heteroatoms. The van der Waals surface area contributed by atoms with E-state index in [2.05, 4.69) is 98.5 Å². The van der Waals surface area contributed by atoms with Crippen LogP contribution in [0.4, 0.5) is 0 Å². The predicted molar refractivity (Wildman–Crippen MR) is 118 cm³/mol. The van der Waals surface area contributed by atoms with Crippen molar-refractivity contribution in [2.75, 3.05) is 0 Å². The number of benzene rings is 3. The molecule has 0 aliphatic heterocycles. The SMILES string of the molecule is C=CCC(C=CCC)OC(c1ccccc1)(c1ccccc1)c1ccccc1. The van der Waals surface area contributed by atoms with Gasteiger partial charge in [-0.25, -0.2) is 0 Å². The lowest BCUT2D eigenvalue weighted by Crippen LogP contribution is -2.36. The van der Waals surface area contributed by atoms with E-state index in [-0.39, 0.29) is 6.10 Å². The van der Waals surface area contributed by atoms with Gasteiger partial charge in [-0.05, 0) is 29.5 Å². The minimum atomic E-state index is -0.699. The van der Waals surface area contributed by atoms with E-state index >= 15 is 0 Å². The molecule has 1 unspecified atom stereocenters. The summed E-state index contributed by atoms with van der Waals surface area (Å²) >= 11 is 0. The number of rotatable bonds is 9. The van der Waals surface area contributed by atoms with E-state index in [9.17, 15) is 0 Å². The van der Waals surface area contributed by atoms with E-state index < -0.39 is 5.60 Å². The Morgan fingerprint density at radius 3 is 1.57 bits per heavy atom. The Balaban J connectivity index is 2.24. The smallest absolute Gasteiger partial charge is 0.144 e. The Morgan fingerprint density at radius 2 is 1.21 bits per heavy atom. The van der Waals surface area contributed by atoms with Crippen LogP contribution in [0.25, 0.3) is 0 Å². The highest BCUT2D eigenvalue weighted by Crippen LogP contribution is 2.41. The molecule has 1 nitrogen and oxygen atoms in total. The molecule has 0 radical (unpaired) electrons. The van der Waals surface area contributed by atoms with Crippen LogP contribution in [0.2, 0.25) is 0 Å². The fraction of sp³-hybridized carbons (Fsp3) is 0.185. The van der Waals surface area contributed by atoms with E-state index in [0.29, 0.717) is 0 Å². The molecule has 0 spiro atoms. The van der Waals surface area contributed by atoms with E-state index in [4.69, 9.17) is 4.74 Å². The second-order valence-corrected chi connectivity index (χ2v) is 6.80. The predicted octanol–water partition coefficient (Wildman–Crippen LogP) is 6.91. The molecule has 0 saturated carbocycles. The topological polar surface area (TPSA) is 9.23 Å². The number of hydrogen-bond donors (Lipinski definition) is 0. The van der Waals surface area contributed by atoms with Crippen molar-refractivity contribution in [3.8, 4) is 0 Å². The third-order valence-corrected chi connectivity index (χ3v) is 4.85. The second kappa shape index (κ2) is 9.87. The van der Waals surface area contributed by atoms with Gasteiger partial charge in [0.2, 0.25) is 0 Å². The normalized spacial score (nSPS) is 12.8. The third-order valence-electron chi connectivity index (χ3n) is 4.85. The number of ether oxygens (including phenoxy) is 1. The molecule has 0 aliphatic rings. The Hall–Kier alpha value is -2.90. The zero-order valence-electron chi connectivity index (χ0n) is 16.5. The van der Waals surface area contributed by atoms with Gasteiger partial charge in [0.05, 0.1) is 6.10 Å². The molecule has 0 aliphatic carbocycles. The van der Waals surface area contributed by atoms with Crippen molar-refractivity contribution >= 4 is 0 Å². The van der Waals surface area contributed by atoms with Gasteiger partial charge >= 0.3 is 0 Å². The van der Waals surface area contributed by atoms with Crippen molar-refractivity contribution in [1.29, 1.82) is 0 Å². The molecule has 28 heavy (non-hydrogen) atoms. The Kier molecular flexibility index (Phi) is 7.00. The first kappa shape index (κ1) is 19.9. The first-order valence-electron chi connectivity index (χ1n) is 9.93. The standard InChI is InChI=1S/C27H28O/c1-3-5-22-26(15-4-2)28-27(23-16-9-6-10-17-23,24-18-11-7-12-19-24)25-20-13-8-14-21-25/h4-14,16-22,26H,2-3,15H2,1H3. The van der Waals surface area contributed by atoms with E-state index in [1.54, 1.807) is 0 Å². The molecule has 0 aromatic heterocycles. The summed E-state index contributed by atoms with van der Waals surface area (Å²) < 4.78 is 6.98. The molecule has 3 aromatic carbocycles. The Bertz CT molecular complexity index is 769. The van der Waals surface area contributed by atoms with Gasteiger partial charge in [0, 0.05) is 0 Å². The van der Waals surface area contributed by atoms with Gasteiger partial charge in [-0.3, -0.25) is 0 Å². The summed E-state index contributed by atoms with van der Waals surface area (Å²) in [6, 6.07) is 31.5. The van der Waals surface area contributed by atoms with Crippen LogP contribution in [-0.2, 0) is 10.3 Å². The lowest BCUT2D eigenvalue weighted by atomic mass is 9.80. The van der Waals surface area contributed by atoms with Gasteiger partial charge in [-0.1, -0.05) is 116 Å². The summed E-state index contributed by atoms with van der Waals surface area (Å²) in [5, 5.41) is 0. The zero-order valence-corrected chi connectivity index (χ0v) is 16.5. The molecule has 0 fully saturated rings. The van der Waals surface area contributed by atoms with E-state index in [1.165, 1.54) is 0 Å². The Labute approximate surface area is 169 Å². The maximum Gasteiger partial charge on any atom is 0.144 e. The molecule has 0 N–H and O–H groups in total. The quantitative estimate of drug-likeness (QED) is 0.295. The monoisotopic (exact) mass is 368 g/mol. The average molecular weight is 369 g/mol. The highest BCUT2D eigenvalue weighted by atomic mass is 16.5. The van der Waals surface area contributed by atoms with Crippen LogP contribution >= 0.6 is 0 Å². The van der Waals surface area contributed by atoms with Crippen molar-refractivity contribution in [2.45, 2.75) is 31.5 Å². The highest BCUT2D eigenvalue weighted by molar-refractivity contribution is 5.47. The second-order valence-electron chi connectivity index (χ2n) is 6.80. The van der Waals surface area contributed by atoms with E-state index in [1.807, 2.05) is 24.3 Å². The summed E-state index contributed by atoms with van der Waals surface area (Å²) in [5.74, 6) is 0. The van der Waals surface area contributed by atoms with E-state index in [0.717, 1.165) is 29.5 Å². The summed E-state index contributed by atoms with van der Waals surface area (Å²) in [7, 11) is 0. The van der Waals surface area contributed by atoms with Gasteiger partial charge in [0.15, 0.2) is 0 Å². The van der Waals surface area contributed by atoms with Crippen LogP contribution in [0.5, 0.6) is 0 Å². The number of hydrogen-bond acceptors (Lipinski definition) is 1. The lowest BCUT2D eigenvalue weighted by Gasteiger charge is -2.38. The van der Waals surface area contributed by atoms with Crippen LogP contribution in [0.15, 0.2) is 116 Å². The third kappa shape index (κ3) is 4.32. The van der Waals surface area contributed by atoms with Crippen molar-refractivity contribution in [3.63, 3.8) is 0 Å². The highest BCUT2D eigenvalue weighted by Gasteiger charge is 2.39. The molecular formula is C27H28O. The van der Waals surface area contributed by atoms with Gasteiger partial charge in [-0.2, -0.15) is 0 Å². The molecule has 3 rings (SSSR count). The van der Waals surface area contributed by atoms with Crippen LogP contribution in [0, 0.1) is 0 Å². The Morgan fingerprint density at radius 1 is 0.786 bits per heavy atom. The van der Waals surface area contributed by atoms with Gasteiger partial charge in [0.1, 0.15) is 5.60 Å². The molecule has 0 heterocycles. The van der Waals surface area contributed by atoms with Crippen molar-refractivity contribution < 1.29 is 4.74 Å². The minimum absolute atomic E-state index is 0.0712. The number of allylic oxidation sites excluding steroid dienone is 1. The largest absolute Gasteiger partial charge is 0.353 e. The maximum atomic E-state index is 6.98. The first-order valence-corrected chi connectivity index (χ1v) is 9.93. The molecular weight excluding hydrogens is 340 g/mol. The fourth-order valence-corrected chi connectivity index (χ4v) is 3.57. The molecule has 142 valence electrons. The zero-order chi connectivity index (χ0) is 19.7. The summed E-state index contributed by atoms with van der Waals surface area (Å²) in [6.07, 6.45) is 7.91. The van der Waals surface area contributed by atoms with Gasteiger partial charge in [0.25, 0.3) is 0 Å². The first-order chi connectivity index (χ1) is 13.8. The van der Waals surface area contributed by atoms with Crippen LogP contribution in [0.3, 0.4) is 0 Å². The molecule has 0 saturated heterocycles. The van der Waals surface area contributed by atoms with Crippen molar-refractivity contribution in [3.05, 3.63) is 132 Å². The molecule has 0 bridgehead atoms. The average Bonchev–Trinajstić information content (AvgIpc) is 2.77. The van der Waals surface area contributed by atoms with Crippen molar-refractivity contribution in [1.82, 2.24) is 0 Å². The summed E-state index contributed by atoms with van der Waals surface area (Å²) in [4.78, 5) is 0. The maximum absolute atomic E-state index is 6.98. The summed E-state index contributed by atoms with van der Waals surface area (Å²) in [5.41, 5.74) is 2.65. The van der Waals surface area contributed by atoms with Gasteiger partial charge in [-0.15, -0.1) is 6.58 Å². The van der Waals surface area contributed by atoms with Crippen LogP contribution < -0.4 is 0 Å².